The molecule has 0 radical (unpaired) electrons. The molecule has 1 aliphatic rings. The van der Waals surface area contributed by atoms with Gasteiger partial charge in [0.05, 0.1) is 19.0 Å². The first-order chi connectivity index (χ1) is 11.1. The smallest absolute Gasteiger partial charge is 0.410 e. The Labute approximate surface area is 141 Å². The molecule has 1 fully saturated rings. The summed E-state index contributed by atoms with van der Waals surface area (Å²) < 4.78 is 16.1. The summed E-state index contributed by atoms with van der Waals surface area (Å²) in [6, 6.07) is 1.56. The Balaban J connectivity index is 1.86. The quantitative estimate of drug-likeness (QED) is 0.785. The normalized spacial score (nSPS) is 17.1. The first-order valence-corrected chi connectivity index (χ1v) is 8.04. The van der Waals surface area contributed by atoms with Crippen LogP contribution in [0, 0.1) is 5.92 Å². The molecule has 1 amide bonds. The third-order valence-electron chi connectivity index (χ3n) is 3.66. The molecule has 0 aromatic carbocycles. The Hall–Kier alpha value is -1.80. The Kier molecular flexibility index (Phi) is 5.39. The number of amides is 1. The summed E-state index contributed by atoms with van der Waals surface area (Å²) in [6.07, 6.45) is -2.09. The number of hydrogen-bond donors (Lipinski definition) is 2. The molecule has 136 valence electrons. The van der Waals surface area contributed by atoms with Crippen molar-refractivity contribution in [3.05, 3.63) is 11.8 Å². The Morgan fingerprint density at radius 1 is 1.38 bits per heavy atom. The molecule has 1 saturated heterocycles. The van der Waals surface area contributed by atoms with E-state index in [-0.39, 0.29) is 24.0 Å². The van der Waals surface area contributed by atoms with Crippen LogP contribution < -0.4 is 4.74 Å². The van der Waals surface area contributed by atoms with Gasteiger partial charge in [0.2, 0.25) is 0 Å². The van der Waals surface area contributed by atoms with Crippen molar-refractivity contribution in [3.63, 3.8) is 0 Å². The zero-order valence-corrected chi connectivity index (χ0v) is 14.7. The first-order valence-electron chi connectivity index (χ1n) is 8.04. The second kappa shape index (κ2) is 6.98. The molecule has 1 aromatic heterocycles. The van der Waals surface area contributed by atoms with Gasteiger partial charge in [0.1, 0.15) is 17.5 Å². The van der Waals surface area contributed by atoms with Crippen molar-refractivity contribution in [2.24, 2.45) is 5.92 Å². The first kappa shape index (κ1) is 18.5. The van der Waals surface area contributed by atoms with Crippen LogP contribution >= 0.6 is 0 Å². The van der Waals surface area contributed by atoms with E-state index in [1.807, 2.05) is 34.6 Å². The monoisotopic (exact) mass is 342 g/mol. The Morgan fingerprint density at radius 2 is 2.00 bits per heavy atom. The van der Waals surface area contributed by atoms with Gasteiger partial charge in [0, 0.05) is 6.07 Å². The van der Waals surface area contributed by atoms with Crippen molar-refractivity contribution in [1.29, 1.82) is 0 Å². The molecule has 1 aromatic rings. The summed E-state index contributed by atoms with van der Waals surface area (Å²) in [4.78, 5) is 13.4. The standard InChI is InChI=1S/C16H26N2O6/c1-9(2)13(14(19)20)11-6-12(17-24-11)22-10-7-18(8-10)15(21)23-16(3,4)5/h6,9-10,13-14,19-20H,7-8H2,1-5H3. The van der Waals surface area contributed by atoms with Crippen molar-refractivity contribution in [3.8, 4) is 5.88 Å². The van der Waals surface area contributed by atoms with Crippen LogP contribution in [0.15, 0.2) is 10.6 Å². The van der Waals surface area contributed by atoms with Gasteiger partial charge in [-0.15, -0.1) is 0 Å². The third-order valence-corrected chi connectivity index (χ3v) is 3.66. The zero-order chi connectivity index (χ0) is 18.1. The summed E-state index contributed by atoms with van der Waals surface area (Å²) in [7, 11) is 0. The van der Waals surface area contributed by atoms with Gasteiger partial charge in [-0.05, 0) is 31.8 Å². The van der Waals surface area contributed by atoms with Gasteiger partial charge in [0.25, 0.3) is 5.88 Å². The van der Waals surface area contributed by atoms with Crippen LogP contribution in [0.2, 0.25) is 0 Å². The van der Waals surface area contributed by atoms with Crippen molar-refractivity contribution >= 4 is 6.09 Å². The highest BCUT2D eigenvalue weighted by molar-refractivity contribution is 5.69. The zero-order valence-electron chi connectivity index (χ0n) is 14.7. The summed E-state index contributed by atoms with van der Waals surface area (Å²) in [5.74, 6) is 0.0233. The summed E-state index contributed by atoms with van der Waals surface area (Å²) in [6.45, 7) is 9.99. The van der Waals surface area contributed by atoms with Crippen LogP contribution in [0.1, 0.15) is 46.3 Å². The van der Waals surface area contributed by atoms with Crippen LogP contribution in [-0.2, 0) is 4.74 Å². The molecule has 1 aliphatic heterocycles. The molecule has 2 rings (SSSR count). The molecule has 8 heteroatoms. The molecule has 0 saturated carbocycles. The van der Waals surface area contributed by atoms with Crippen molar-refractivity contribution in [1.82, 2.24) is 10.1 Å². The second-order valence-electron chi connectivity index (χ2n) is 7.38. The maximum atomic E-state index is 11.8. The van der Waals surface area contributed by atoms with Gasteiger partial charge in [-0.3, -0.25) is 0 Å². The van der Waals surface area contributed by atoms with Gasteiger partial charge in [-0.2, -0.15) is 0 Å². The number of aliphatic hydroxyl groups excluding tert-OH is 1. The molecule has 2 heterocycles. The lowest BCUT2D eigenvalue weighted by Crippen LogP contribution is -2.57. The maximum Gasteiger partial charge on any atom is 0.410 e. The number of carbonyl (C=O) groups excluding carboxylic acids is 1. The summed E-state index contributed by atoms with van der Waals surface area (Å²) >= 11 is 0. The van der Waals surface area contributed by atoms with E-state index in [0.717, 1.165) is 0 Å². The van der Waals surface area contributed by atoms with E-state index in [1.165, 1.54) is 0 Å². The number of aromatic nitrogens is 1. The molecular formula is C16H26N2O6. The van der Waals surface area contributed by atoms with Gasteiger partial charge < -0.3 is 29.1 Å². The van der Waals surface area contributed by atoms with Crippen molar-refractivity contribution in [2.45, 2.75) is 58.5 Å². The second-order valence-corrected chi connectivity index (χ2v) is 7.38. The fourth-order valence-electron chi connectivity index (χ4n) is 2.46. The van der Waals surface area contributed by atoms with Crippen molar-refractivity contribution < 1.29 is 29.0 Å². The molecule has 0 spiro atoms. The van der Waals surface area contributed by atoms with Gasteiger partial charge in [-0.1, -0.05) is 13.8 Å². The number of likely N-dealkylation sites (tertiary alicyclic amines) is 1. The number of nitrogens with zero attached hydrogens (tertiary/aromatic N) is 2. The van der Waals surface area contributed by atoms with Crippen LogP contribution in [-0.4, -0.2) is 57.4 Å². The Bertz CT molecular complexity index is 549. The van der Waals surface area contributed by atoms with E-state index in [2.05, 4.69) is 5.16 Å². The van der Waals surface area contributed by atoms with Crippen LogP contribution in [0.4, 0.5) is 4.79 Å². The number of carbonyl (C=O) groups is 1. The lowest BCUT2D eigenvalue weighted by atomic mass is 9.93. The summed E-state index contributed by atoms with van der Waals surface area (Å²) in [5, 5.41) is 22.7. The van der Waals surface area contributed by atoms with Crippen molar-refractivity contribution in [2.75, 3.05) is 13.1 Å². The Morgan fingerprint density at radius 3 is 2.50 bits per heavy atom. The summed E-state index contributed by atoms with van der Waals surface area (Å²) in [5.41, 5.74) is -0.527. The average molecular weight is 342 g/mol. The van der Waals surface area contributed by atoms with Crippen LogP contribution in [0.5, 0.6) is 5.88 Å². The highest BCUT2D eigenvalue weighted by Gasteiger charge is 2.36. The molecule has 0 bridgehead atoms. The van der Waals surface area contributed by atoms with E-state index < -0.39 is 17.8 Å². The molecule has 24 heavy (non-hydrogen) atoms. The van der Waals surface area contributed by atoms with E-state index >= 15 is 0 Å². The minimum atomic E-state index is -1.53. The fraction of sp³-hybridized carbons (Fsp3) is 0.750. The third kappa shape index (κ3) is 4.61. The fourth-order valence-corrected chi connectivity index (χ4v) is 2.46. The topological polar surface area (TPSA) is 105 Å². The maximum absolute atomic E-state index is 11.8. The van der Waals surface area contributed by atoms with E-state index in [0.29, 0.717) is 18.8 Å². The molecule has 1 atom stereocenters. The van der Waals surface area contributed by atoms with Gasteiger partial charge in [0.15, 0.2) is 6.29 Å². The number of hydrogen-bond acceptors (Lipinski definition) is 7. The molecule has 0 aliphatic carbocycles. The lowest BCUT2D eigenvalue weighted by molar-refractivity contribution is -0.0758. The van der Waals surface area contributed by atoms with Crippen LogP contribution in [0.25, 0.3) is 0 Å². The van der Waals surface area contributed by atoms with Gasteiger partial charge >= 0.3 is 6.09 Å². The predicted octanol–water partition coefficient (Wildman–Crippen LogP) is 1.72. The molecule has 8 nitrogen and oxygen atoms in total. The number of aliphatic hydroxyl groups is 2. The molecular weight excluding hydrogens is 316 g/mol. The highest BCUT2D eigenvalue weighted by atomic mass is 16.6. The number of ether oxygens (including phenoxy) is 2. The van der Waals surface area contributed by atoms with E-state index in [1.54, 1.807) is 11.0 Å². The SMILES string of the molecule is CC(C)C(c1cc(OC2CN(C(=O)OC(C)(C)C)C2)no1)C(O)O. The molecule has 1 unspecified atom stereocenters. The highest BCUT2D eigenvalue weighted by Crippen LogP contribution is 2.30. The van der Waals surface area contributed by atoms with Crippen LogP contribution in [0.3, 0.4) is 0 Å². The van der Waals surface area contributed by atoms with Gasteiger partial charge in [-0.25, -0.2) is 4.79 Å². The van der Waals surface area contributed by atoms with E-state index in [4.69, 9.17) is 14.0 Å². The van der Waals surface area contributed by atoms with E-state index in [9.17, 15) is 15.0 Å². The number of rotatable bonds is 5. The molecule has 2 N–H and O–H groups in total. The minimum Gasteiger partial charge on any atom is -0.468 e. The average Bonchev–Trinajstić information content (AvgIpc) is 2.78. The largest absolute Gasteiger partial charge is 0.468 e. The predicted molar refractivity (Wildman–Crippen MR) is 84.5 cm³/mol. The lowest BCUT2D eigenvalue weighted by Gasteiger charge is -2.38. The minimum absolute atomic E-state index is 0.0304.